The summed E-state index contributed by atoms with van der Waals surface area (Å²) >= 11 is 0. The largest absolute Gasteiger partial charge is 0.503 e. The first-order valence-corrected chi connectivity index (χ1v) is 10.3. The Bertz CT molecular complexity index is 1100. The van der Waals surface area contributed by atoms with Crippen molar-refractivity contribution in [2.45, 2.75) is 18.9 Å². The van der Waals surface area contributed by atoms with Crippen LogP contribution in [0.25, 0.3) is 6.08 Å². The van der Waals surface area contributed by atoms with Crippen molar-refractivity contribution in [1.82, 2.24) is 4.90 Å². The molecule has 0 aliphatic carbocycles. The first kappa shape index (κ1) is 23.6. The van der Waals surface area contributed by atoms with E-state index >= 15 is 0 Å². The minimum atomic E-state index is -1.00. The van der Waals surface area contributed by atoms with Crippen LogP contribution in [0.5, 0.6) is 11.5 Å². The molecule has 172 valence electrons. The number of ether oxygens (including phenoxy) is 2. The van der Waals surface area contributed by atoms with Crippen LogP contribution in [-0.2, 0) is 14.4 Å². The topological polar surface area (TPSA) is 113 Å². The molecule has 33 heavy (non-hydrogen) atoms. The van der Waals surface area contributed by atoms with E-state index in [2.05, 4.69) is 0 Å². The standard InChI is InChI=1S/C25H25NO7/c1-32-17-11-13-20(33-2)18(15-17)23-22(19(27)12-10-16-7-4-3-5-8-16)24(30)25(31)26(23)14-6-9-21(28)29/h3-5,7-8,10-13,15,23,30H,6,9,14H2,1-2H3,(H,28,29)/b12-10+. The van der Waals surface area contributed by atoms with Crippen molar-refractivity contribution in [3.63, 3.8) is 0 Å². The molecule has 8 heteroatoms. The molecule has 0 saturated carbocycles. The number of benzene rings is 2. The van der Waals surface area contributed by atoms with Gasteiger partial charge in [0.2, 0.25) is 0 Å². The van der Waals surface area contributed by atoms with E-state index in [1.165, 1.54) is 25.2 Å². The minimum absolute atomic E-state index is 0.0272. The summed E-state index contributed by atoms with van der Waals surface area (Å²) in [5.74, 6) is -2.09. The Morgan fingerprint density at radius 3 is 2.45 bits per heavy atom. The van der Waals surface area contributed by atoms with Gasteiger partial charge in [0.05, 0.1) is 25.8 Å². The van der Waals surface area contributed by atoms with E-state index in [4.69, 9.17) is 14.6 Å². The molecule has 2 aromatic rings. The number of ketones is 1. The van der Waals surface area contributed by atoms with Gasteiger partial charge in [0.15, 0.2) is 11.5 Å². The normalized spacial score (nSPS) is 15.9. The van der Waals surface area contributed by atoms with Crippen LogP contribution in [0.3, 0.4) is 0 Å². The van der Waals surface area contributed by atoms with Gasteiger partial charge in [-0.2, -0.15) is 0 Å². The molecule has 0 radical (unpaired) electrons. The molecule has 1 amide bonds. The number of carbonyl (C=O) groups is 3. The maximum absolute atomic E-state index is 13.2. The summed E-state index contributed by atoms with van der Waals surface area (Å²) in [4.78, 5) is 38.4. The van der Waals surface area contributed by atoms with Crippen LogP contribution in [0, 0.1) is 0 Å². The Morgan fingerprint density at radius 1 is 1.09 bits per heavy atom. The van der Waals surface area contributed by atoms with E-state index in [-0.39, 0.29) is 25.0 Å². The molecule has 1 heterocycles. The van der Waals surface area contributed by atoms with Gasteiger partial charge in [-0.15, -0.1) is 0 Å². The number of aliphatic carboxylic acids is 1. The van der Waals surface area contributed by atoms with Crippen LogP contribution in [0.1, 0.15) is 30.0 Å². The lowest BCUT2D eigenvalue weighted by molar-refractivity contribution is -0.138. The maximum atomic E-state index is 13.2. The van der Waals surface area contributed by atoms with E-state index in [0.717, 1.165) is 5.56 Å². The fourth-order valence-electron chi connectivity index (χ4n) is 3.74. The van der Waals surface area contributed by atoms with Crippen molar-refractivity contribution >= 4 is 23.7 Å². The van der Waals surface area contributed by atoms with Crippen LogP contribution in [0.15, 0.2) is 65.9 Å². The first-order chi connectivity index (χ1) is 15.9. The van der Waals surface area contributed by atoms with E-state index in [1.807, 2.05) is 30.3 Å². The average Bonchev–Trinajstić information content (AvgIpc) is 3.07. The Hall–Kier alpha value is -4.07. The number of aliphatic hydroxyl groups is 1. The Morgan fingerprint density at radius 2 is 1.82 bits per heavy atom. The van der Waals surface area contributed by atoms with Crippen molar-refractivity contribution in [2.75, 3.05) is 20.8 Å². The van der Waals surface area contributed by atoms with Gasteiger partial charge in [-0.1, -0.05) is 36.4 Å². The van der Waals surface area contributed by atoms with Gasteiger partial charge in [-0.3, -0.25) is 14.4 Å². The predicted octanol–water partition coefficient (Wildman–Crippen LogP) is 3.55. The highest BCUT2D eigenvalue weighted by Gasteiger charge is 2.44. The molecule has 2 aromatic carbocycles. The summed E-state index contributed by atoms with van der Waals surface area (Å²) in [5, 5.41) is 19.7. The smallest absolute Gasteiger partial charge is 0.303 e. The summed E-state index contributed by atoms with van der Waals surface area (Å²) in [5.41, 5.74) is 1.12. The molecule has 8 nitrogen and oxygen atoms in total. The Kier molecular flexibility index (Phi) is 7.50. The zero-order valence-corrected chi connectivity index (χ0v) is 18.4. The first-order valence-electron chi connectivity index (χ1n) is 10.3. The van der Waals surface area contributed by atoms with Crippen LogP contribution in [0.2, 0.25) is 0 Å². The number of rotatable bonds is 10. The summed E-state index contributed by atoms with van der Waals surface area (Å²) < 4.78 is 10.8. The van der Waals surface area contributed by atoms with Gasteiger partial charge in [0.1, 0.15) is 11.5 Å². The van der Waals surface area contributed by atoms with Crippen LogP contribution in [-0.4, -0.2) is 53.5 Å². The number of carbonyl (C=O) groups excluding carboxylic acids is 2. The molecule has 0 saturated heterocycles. The quantitative estimate of drug-likeness (QED) is 0.531. The van der Waals surface area contributed by atoms with E-state index in [1.54, 1.807) is 24.3 Å². The second kappa shape index (κ2) is 10.5. The molecule has 0 fully saturated rings. The summed E-state index contributed by atoms with van der Waals surface area (Å²) in [6.45, 7) is 0.0272. The highest BCUT2D eigenvalue weighted by Crippen LogP contribution is 2.43. The van der Waals surface area contributed by atoms with Gasteiger partial charge >= 0.3 is 5.97 Å². The number of amides is 1. The van der Waals surface area contributed by atoms with Gasteiger partial charge < -0.3 is 24.6 Å². The third kappa shape index (κ3) is 5.23. The van der Waals surface area contributed by atoms with Gasteiger partial charge in [-0.05, 0) is 36.3 Å². The SMILES string of the molecule is COc1ccc(OC)c(C2C(C(=O)/C=C/c3ccccc3)=C(O)C(=O)N2CCCC(=O)O)c1. The summed E-state index contributed by atoms with van der Waals surface area (Å²) in [6.07, 6.45) is 2.89. The van der Waals surface area contributed by atoms with Gasteiger partial charge in [0.25, 0.3) is 5.91 Å². The number of hydrogen-bond acceptors (Lipinski definition) is 6. The molecular formula is C25H25NO7. The predicted molar refractivity (Wildman–Crippen MR) is 121 cm³/mol. The fourth-order valence-corrected chi connectivity index (χ4v) is 3.74. The highest BCUT2D eigenvalue weighted by atomic mass is 16.5. The minimum Gasteiger partial charge on any atom is -0.503 e. The number of carboxylic acids is 1. The highest BCUT2D eigenvalue weighted by molar-refractivity contribution is 6.14. The second-order valence-electron chi connectivity index (χ2n) is 7.38. The van der Waals surface area contributed by atoms with Crippen LogP contribution >= 0.6 is 0 Å². The van der Waals surface area contributed by atoms with E-state index in [9.17, 15) is 19.5 Å². The molecule has 0 aromatic heterocycles. The van der Waals surface area contributed by atoms with Crippen molar-refractivity contribution in [2.24, 2.45) is 0 Å². The van der Waals surface area contributed by atoms with E-state index in [0.29, 0.717) is 17.1 Å². The molecule has 3 rings (SSSR count). The Labute approximate surface area is 191 Å². The zero-order valence-electron chi connectivity index (χ0n) is 18.4. The molecule has 2 N–H and O–H groups in total. The molecule has 0 spiro atoms. The molecular weight excluding hydrogens is 426 g/mol. The number of allylic oxidation sites excluding steroid dienone is 1. The average molecular weight is 451 g/mol. The fraction of sp³-hybridized carbons (Fsp3) is 0.240. The Balaban J connectivity index is 2.05. The summed E-state index contributed by atoms with van der Waals surface area (Å²) in [6, 6.07) is 13.1. The third-order valence-corrected chi connectivity index (χ3v) is 5.32. The van der Waals surface area contributed by atoms with Gasteiger partial charge in [-0.25, -0.2) is 0 Å². The monoisotopic (exact) mass is 451 g/mol. The number of methoxy groups -OCH3 is 2. The van der Waals surface area contributed by atoms with Crippen molar-refractivity contribution in [3.05, 3.63) is 77.1 Å². The van der Waals surface area contributed by atoms with Crippen molar-refractivity contribution in [3.8, 4) is 11.5 Å². The molecule has 1 aliphatic heterocycles. The van der Waals surface area contributed by atoms with Gasteiger partial charge in [0, 0.05) is 18.5 Å². The lowest BCUT2D eigenvalue weighted by atomic mass is 9.94. The van der Waals surface area contributed by atoms with E-state index < -0.39 is 29.5 Å². The molecule has 1 unspecified atom stereocenters. The van der Waals surface area contributed by atoms with Crippen LogP contribution in [0.4, 0.5) is 0 Å². The molecule has 0 bridgehead atoms. The molecule has 1 aliphatic rings. The number of hydrogen-bond donors (Lipinski definition) is 2. The maximum Gasteiger partial charge on any atom is 0.303 e. The molecule has 1 atom stereocenters. The zero-order chi connectivity index (χ0) is 24.0. The number of carboxylic acid groups (broad SMARTS) is 1. The van der Waals surface area contributed by atoms with Crippen molar-refractivity contribution < 1.29 is 34.1 Å². The van der Waals surface area contributed by atoms with Crippen molar-refractivity contribution in [1.29, 1.82) is 0 Å². The third-order valence-electron chi connectivity index (χ3n) is 5.32. The summed E-state index contributed by atoms with van der Waals surface area (Å²) in [7, 11) is 2.94. The lowest BCUT2D eigenvalue weighted by Crippen LogP contribution is -2.32. The lowest BCUT2D eigenvalue weighted by Gasteiger charge is -2.28. The van der Waals surface area contributed by atoms with Crippen LogP contribution < -0.4 is 9.47 Å². The number of nitrogens with zero attached hydrogens (tertiary/aromatic N) is 1. The number of aliphatic hydroxyl groups excluding tert-OH is 1. The second-order valence-corrected chi connectivity index (χ2v) is 7.38.